The van der Waals surface area contributed by atoms with Gasteiger partial charge < -0.3 is 15.4 Å². The molecule has 1 unspecified atom stereocenters. The van der Waals surface area contributed by atoms with Gasteiger partial charge in [0.2, 0.25) is 5.91 Å². The lowest BCUT2D eigenvalue weighted by Gasteiger charge is -2.19. The summed E-state index contributed by atoms with van der Waals surface area (Å²) >= 11 is 3.34. The third kappa shape index (κ3) is 5.04. The highest BCUT2D eigenvalue weighted by molar-refractivity contribution is 9.10. The standard InChI is InChI=1S/C15H21BrN2O3/c1-9(2)7-13(15(20)17-3)18-14(19)11-8-10(21-4)5-6-12(11)16/h5-6,8-9,13H,7H2,1-4H3,(H,17,20)(H,18,19). The maximum atomic E-state index is 12.4. The van der Waals surface area contributed by atoms with E-state index in [1.165, 1.54) is 7.11 Å². The molecular formula is C15H21BrN2O3. The summed E-state index contributed by atoms with van der Waals surface area (Å²) in [6.45, 7) is 4.01. The first kappa shape index (κ1) is 17.5. The molecule has 0 fully saturated rings. The van der Waals surface area contributed by atoms with E-state index in [2.05, 4.69) is 26.6 Å². The van der Waals surface area contributed by atoms with Gasteiger partial charge in [0.25, 0.3) is 5.91 Å². The number of hydrogen-bond donors (Lipinski definition) is 2. The molecule has 0 saturated heterocycles. The number of carbonyl (C=O) groups is 2. The Hall–Kier alpha value is -1.56. The van der Waals surface area contributed by atoms with E-state index in [1.54, 1.807) is 25.2 Å². The number of hydrogen-bond acceptors (Lipinski definition) is 3. The van der Waals surface area contributed by atoms with Crippen molar-refractivity contribution in [1.82, 2.24) is 10.6 Å². The molecular weight excluding hydrogens is 336 g/mol. The van der Waals surface area contributed by atoms with Crippen molar-refractivity contribution in [2.75, 3.05) is 14.2 Å². The second-order valence-corrected chi connectivity index (χ2v) is 5.97. The van der Waals surface area contributed by atoms with Crippen LogP contribution in [0.4, 0.5) is 0 Å². The van der Waals surface area contributed by atoms with E-state index in [0.29, 0.717) is 28.1 Å². The van der Waals surface area contributed by atoms with Gasteiger partial charge in [-0.05, 0) is 46.5 Å². The van der Waals surface area contributed by atoms with Crippen LogP contribution in [-0.4, -0.2) is 32.0 Å². The van der Waals surface area contributed by atoms with E-state index in [-0.39, 0.29) is 11.8 Å². The molecule has 0 bridgehead atoms. The molecule has 1 aromatic rings. The third-order valence-corrected chi connectivity index (χ3v) is 3.68. The number of benzene rings is 1. The quantitative estimate of drug-likeness (QED) is 0.821. The zero-order valence-corrected chi connectivity index (χ0v) is 14.3. The Balaban J connectivity index is 2.93. The molecule has 0 saturated carbocycles. The van der Waals surface area contributed by atoms with Gasteiger partial charge in [-0.3, -0.25) is 9.59 Å². The van der Waals surface area contributed by atoms with Crippen LogP contribution in [0.2, 0.25) is 0 Å². The van der Waals surface area contributed by atoms with Crippen molar-refractivity contribution in [3.05, 3.63) is 28.2 Å². The van der Waals surface area contributed by atoms with Gasteiger partial charge in [-0.2, -0.15) is 0 Å². The third-order valence-electron chi connectivity index (χ3n) is 2.99. The largest absolute Gasteiger partial charge is 0.497 e. The van der Waals surface area contributed by atoms with Gasteiger partial charge in [-0.15, -0.1) is 0 Å². The lowest BCUT2D eigenvalue weighted by molar-refractivity contribution is -0.122. The Labute approximate surface area is 133 Å². The molecule has 0 aliphatic carbocycles. The Morgan fingerprint density at radius 1 is 1.33 bits per heavy atom. The van der Waals surface area contributed by atoms with Crippen LogP contribution in [-0.2, 0) is 4.79 Å². The highest BCUT2D eigenvalue weighted by Crippen LogP contribution is 2.22. The van der Waals surface area contributed by atoms with Crippen molar-refractivity contribution in [3.8, 4) is 5.75 Å². The van der Waals surface area contributed by atoms with Crippen molar-refractivity contribution < 1.29 is 14.3 Å². The Kier molecular flexibility index (Phi) is 6.68. The number of nitrogens with one attached hydrogen (secondary N) is 2. The molecule has 1 aromatic carbocycles. The van der Waals surface area contributed by atoms with Gasteiger partial charge in [0.1, 0.15) is 11.8 Å². The van der Waals surface area contributed by atoms with Crippen LogP contribution in [0.5, 0.6) is 5.75 Å². The van der Waals surface area contributed by atoms with E-state index in [1.807, 2.05) is 13.8 Å². The van der Waals surface area contributed by atoms with Crippen LogP contribution >= 0.6 is 15.9 Å². The van der Waals surface area contributed by atoms with Crippen molar-refractivity contribution in [3.63, 3.8) is 0 Å². The lowest BCUT2D eigenvalue weighted by Crippen LogP contribution is -2.46. The SMILES string of the molecule is CNC(=O)C(CC(C)C)NC(=O)c1cc(OC)ccc1Br. The number of rotatable bonds is 6. The first-order valence-electron chi connectivity index (χ1n) is 6.75. The lowest BCUT2D eigenvalue weighted by atomic mass is 10.0. The molecule has 0 heterocycles. The number of carbonyl (C=O) groups excluding carboxylic acids is 2. The van der Waals surface area contributed by atoms with Crippen LogP contribution in [0.25, 0.3) is 0 Å². The summed E-state index contributed by atoms with van der Waals surface area (Å²) in [7, 11) is 3.10. The molecule has 116 valence electrons. The van der Waals surface area contributed by atoms with Crippen molar-refractivity contribution >= 4 is 27.7 Å². The fourth-order valence-corrected chi connectivity index (χ4v) is 2.35. The van der Waals surface area contributed by atoms with Crippen LogP contribution in [0, 0.1) is 5.92 Å². The summed E-state index contributed by atoms with van der Waals surface area (Å²) in [6, 6.07) is 4.58. The molecule has 2 amide bonds. The Bertz CT molecular complexity index is 518. The van der Waals surface area contributed by atoms with Crippen molar-refractivity contribution in [1.29, 1.82) is 0 Å². The number of ether oxygens (including phenoxy) is 1. The molecule has 0 aliphatic heterocycles. The van der Waals surface area contributed by atoms with Crippen LogP contribution in [0.15, 0.2) is 22.7 Å². The fraction of sp³-hybridized carbons (Fsp3) is 0.467. The second-order valence-electron chi connectivity index (χ2n) is 5.12. The predicted molar refractivity (Wildman–Crippen MR) is 85.5 cm³/mol. The minimum Gasteiger partial charge on any atom is -0.497 e. The zero-order valence-electron chi connectivity index (χ0n) is 12.7. The monoisotopic (exact) mass is 356 g/mol. The first-order valence-corrected chi connectivity index (χ1v) is 7.54. The predicted octanol–water partition coefficient (Wildman–Crippen LogP) is 2.35. The summed E-state index contributed by atoms with van der Waals surface area (Å²) in [5.41, 5.74) is 0.437. The zero-order chi connectivity index (χ0) is 16.0. The van der Waals surface area contributed by atoms with Gasteiger partial charge in [-0.1, -0.05) is 13.8 Å². The van der Waals surface area contributed by atoms with Gasteiger partial charge in [-0.25, -0.2) is 0 Å². The molecule has 2 N–H and O–H groups in total. The topological polar surface area (TPSA) is 67.4 Å². The Morgan fingerprint density at radius 3 is 2.52 bits per heavy atom. The molecule has 0 aromatic heterocycles. The molecule has 21 heavy (non-hydrogen) atoms. The molecule has 5 nitrogen and oxygen atoms in total. The summed E-state index contributed by atoms with van der Waals surface area (Å²) in [5.74, 6) is 0.371. The number of likely N-dealkylation sites (N-methyl/N-ethyl adjacent to an activating group) is 1. The maximum Gasteiger partial charge on any atom is 0.253 e. The van der Waals surface area contributed by atoms with Gasteiger partial charge in [0.05, 0.1) is 12.7 Å². The molecule has 1 rings (SSSR count). The number of methoxy groups -OCH3 is 1. The van der Waals surface area contributed by atoms with E-state index < -0.39 is 6.04 Å². The highest BCUT2D eigenvalue weighted by atomic mass is 79.9. The smallest absolute Gasteiger partial charge is 0.253 e. The van der Waals surface area contributed by atoms with E-state index in [4.69, 9.17) is 4.74 Å². The normalized spacial score (nSPS) is 11.9. The Morgan fingerprint density at radius 2 is 2.00 bits per heavy atom. The minimum absolute atomic E-state index is 0.198. The van der Waals surface area contributed by atoms with E-state index in [0.717, 1.165) is 0 Å². The molecule has 6 heteroatoms. The van der Waals surface area contributed by atoms with Gasteiger partial charge in [0.15, 0.2) is 0 Å². The summed E-state index contributed by atoms with van der Waals surface area (Å²) in [5, 5.41) is 5.35. The second kappa shape index (κ2) is 8.02. The molecule has 0 radical (unpaired) electrons. The van der Waals surface area contributed by atoms with Crippen molar-refractivity contribution in [2.45, 2.75) is 26.3 Å². The maximum absolute atomic E-state index is 12.4. The average molecular weight is 357 g/mol. The van der Waals surface area contributed by atoms with Crippen molar-refractivity contribution in [2.24, 2.45) is 5.92 Å². The number of amides is 2. The number of halogens is 1. The summed E-state index contributed by atoms with van der Waals surface area (Å²) in [6.07, 6.45) is 0.576. The summed E-state index contributed by atoms with van der Waals surface area (Å²) in [4.78, 5) is 24.2. The first-order chi connectivity index (χ1) is 9.88. The molecule has 0 aliphatic rings. The van der Waals surface area contributed by atoms with Gasteiger partial charge in [0, 0.05) is 11.5 Å². The average Bonchev–Trinajstić information content (AvgIpc) is 2.45. The van der Waals surface area contributed by atoms with Crippen LogP contribution in [0.1, 0.15) is 30.6 Å². The van der Waals surface area contributed by atoms with Crippen LogP contribution in [0.3, 0.4) is 0 Å². The van der Waals surface area contributed by atoms with Gasteiger partial charge >= 0.3 is 0 Å². The fourth-order valence-electron chi connectivity index (χ4n) is 1.92. The summed E-state index contributed by atoms with van der Waals surface area (Å²) < 4.78 is 5.77. The van der Waals surface area contributed by atoms with E-state index in [9.17, 15) is 9.59 Å². The highest BCUT2D eigenvalue weighted by Gasteiger charge is 2.22. The molecule has 0 spiro atoms. The van der Waals surface area contributed by atoms with Crippen LogP contribution < -0.4 is 15.4 Å². The minimum atomic E-state index is -0.555. The molecule has 1 atom stereocenters. The van der Waals surface area contributed by atoms with E-state index >= 15 is 0 Å².